The number of carbonyl (C=O) groups excluding carboxylic acids is 1. The Hall–Kier alpha value is -1.45. The van der Waals surface area contributed by atoms with Gasteiger partial charge in [-0.1, -0.05) is 0 Å². The SMILES string of the molecule is CS(=O)(=O)N1CCc2c(C(=O)NCC3CCCO3)n[nH]c2C1. The van der Waals surface area contributed by atoms with E-state index in [0.29, 0.717) is 30.9 Å². The highest BCUT2D eigenvalue weighted by atomic mass is 32.2. The predicted octanol–water partition coefficient (Wildman–Crippen LogP) is -0.364. The minimum atomic E-state index is -3.23. The molecule has 0 bridgehead atoms. The van der Waals surface area contributed by atoms with Crippen LogP contribution in [0.3, 0.4) is 0 Å². The highest BCUT2D eigenvalue weighted by Gasteiger charge is 2.29. The molecule has 0 spiro atoms. The monoisotopic (exact) mass is 328 g/mol. The molecule has 1 atom stereocenters. The fraction of sp³-hybridized carbons (Fsp3) is 0.692. The molecule has 0 aliphatic carbocycles. The number of hydrogen-bond donors (Lipinski definition) is 2. The van der Waals surface area contributed by atoms with E-state index >= 15 is 0 Å². The number of nitrogens with one attached hydrogen (secondary N) is 2. The first-order valence-corrected chi connectivity index (χ1v) is 9.21. The molecule has 1 aromatic rings. The smallest absolute Gasteiger partial charge is 0.272 e. The summed E-state index contributed by atoms with van der Waals surface area (Å²) in [5, 5.41) is 9.69. The van der Waals surface area contributed by atoms with Crippen LogP contribution in [0.2, 0.25) is 0 Å². The number of amides is 1. The molecule has 2 aliphatic rings. The van der Waals surface area contributed by atoms with Gasteiger partial charge in [-0.2, -0.15) is 9.40 Å². The highest BCUT2D eigenvalue weighted by Crippen LogP contribution is 2.21. The van der Waals surface area contributed by atoms with Gasteiger partial charge in [0.15, 0.2) is 5.69 Å². The fourth-order valence-corrected chi connectivity index (χ4v) is 3.65. The maximum atomic E-state index is 12.2. The summed E-state index contributed by atoms with van der Waals surface area (Å²) in [6.07, 6.45) is 3.74. The van der Waals surface area contributed by atoms with Gasteiger partial charge >= 0.3 is 0 Å². The van der Waals surface area contributed by atoms with Gasteiger partial charge in [0.2, 0.25) is 10.0 Å². The lowest BCUT2D eigenvalue weighted by atomic mass is 10.1. The van der Waals surface area contributed by atoms with E-state index in [-0.39, 0.29) is 18.6 Å². The van der Waals surface area contributed by atoms with Crippen LogP contribution >= 0.6 is 0 Å². The normalized spacial score (nSPS) is 22.5. The van der Waals surface area contributed by atoms with Gasteiger partial charge in [-0.05, 0) is 19.3 Å². The molecule has 9 heteroatoms. The highest BCUT2D eigenvalue weighted by molar-refractivity contribution is 7.88. The van der Waals surface area contributed by atoms with Crippen LogP contribution in [0.15, 0.2) is 0 Å². The average molecular weight is 328 g/mol. The topological polar surface area (TPSA) is 104 Å². The molecule has 3 rings (SSSR count). The van der Waals surface area contributed by atoms with Crippen molar-refractivity contribution in [2.75, 3.05) is 26.0 Å². The van der Waals surface area contributed by atoms with Crippen molar-refractivity contribution in [2.45, 2.75) is 31.9 Å². The molecule has 2 aliphatic heterocycles. The number of rotatable bonds is 4. The number of hydrogen-bond acceptors (Lipinski definition) is 5. The Morgan fingerprint density at radius 2 is 2.36 bits per heavy atom. The van der Waals surface area contributed by atoms with Gasteiger partial charge in [-0.3, -0.25) is 9.89 Å². The van der Waals surface area contributed by atoms with Gasteiger partial charge in [-0.15, -0.1) is 0 Å². The lowest BCUT2D eigenvalue weighted by Crippen LogP contribution is -2.36. The molecule has 0 radical (unpaired) electrons. The Balaban J connectivity index is 1.66. The molecule has 122 valence electrons. The molecule has 22 heavy (non-hydrogen) atoms. The first kappa shape index (κ1) is 15.4. The first-order valence-electron chi connectivity index (χ1n) is 7.36. The summed E-state index contributed by atoms with van der Waals surface area (Å²) in [4.78, 5) is 12.2. The van der Waals surface area contributed by atoms with Crippen molar-refractivity contribution in [3.05, 3.63) is 17.0 Å². The zero-order valence-electron chi connectivity index (χ0n) is 12.5. The molecule has 8 nitrogen and oxygen atoms in total. The Kier molecular flexibility index (Phi) is 4.20. The van der Waals surface area contributed by atoms with Crippen molar-refractivity contribution in [2.24, 2.45) is 0 Å². The molecule has 0 aromatic carbocycles. The summed E-state index contributed by atoms with van der Waals surface area (Å²) in [6.45, 7) is 1.84. The summed E-state index contributed by atoms with van der Waals surface area (Å²) in [5.41, 5.74) is 1.87. The summed E-state index contributed by atoms with van der Waals surface area (Å²) in [5.74, 6) is -0.235. The molecule has 1 amide bonds. The van der Waals surface area contributed by atoms with Gasteiger partial charge in [-0.25, -0.2) is 8.42 Å². The minimum Gasteiger partial charge on any atom is -0.376 e. The van der Waals surface area contributed by atoms with Crippen LogP contribution in [0.5, 0.6) is 0 Å². The van der Waals surface area contributed by atoms with Crippen molar-refractivity contribution in [3.63, 3.8) is 0 Å². The van der Waals surface area contributed by atoms with Crippen LogP contribution in [0.25, 0.3) is 0 Å². The van der Waals surface area contributed by atoms with Crippen molar-refractivity contribution in [3.8, 4) is 0 Å². The van der Waals surface area contributed by atoms with E-state index in [2.05, 4.69) is 15.5 Å². The van der Waals surface area contributed by atoms with E-state index in [1.165, 1.54) is 10.6 Å². The molecule has 0 saturated carbocycles. The zero-order chi connectivity index (χ0) is 15.7. The number of H-pyrrole nitrogens is 1. The van der Waals surface area contributed by atoms with Crippen LogP contribution in [0, 0.1) is 0 Å². The van der Waals surface area contributed by atoms with Crippen LogP contribution in [0.1, 0.15) is 34.6 Å². The number of ether oxygens (including phenoxy) is 1. The molecular weight excluding hydrogens is 308 g/mol. The van der Waals surface area contributed by atoms with Gasteiger partial charge < -0.3 is 10.1 Å². The Bertz CT molecular complexity index is 664. The fourth-order valence-electron chi connectivity index (χ4n) is 2.86. The second-order valence-electron chi connectivity index (χ2n) is 5.72. The van der Waals surface area contributed by atoms with Crippen LogP contribution < -0.4 is 5.32 Å². The Labute approximate surface area is 129 Å². The number of aromatic nitrogens is 2. The van der Waals surface area contributed by atoms with Gasteiger partial charge in [0.25, 0.3) is 5.91 Å². The second kappa shape index (κ2) is 5.98. The van der Waals surface area contributed by atoms with Crippen molar-refractivity contribution in [1.82, 2.24) is 19.8 Å². The third-order valence-electron chi connectivity index (χ3n) is 4.10. The summed E-state index contributed by atoms with van der Waals surface area (Å²) in [7, 11) is -3.23. The molecule has 1 saturated heterocycles. The van der Waals surface area contributed by atoms with Crippen molar-refractivity contribution >= 4 is 15.9 Å². The Morgan fingerprint density at radius 1 is 1.55 bits per heavy atom. The van der Waals surface area contributed by atoms with Crippen molar-refractivity contribution in [1.29, 1.82) is 0 Å². The second-order valence-corrected chi connectivity index (χ2v) is 7.70. The third-order valence-corrected chi connectivity index (χ3v) is 5.35. The van der Waals surface area contributed by atoms with E-state index in [1.54, 1.807) is 0 Å². The molecule has 1 fully saturated rings. The maximum absolute atomic E-state index is 12.2. The largest absolute Gasteiger partial charge is 0.376 e. The average Bonchev–Trinajstić information content (AvgIpc) is 3.12. The number of aromatic amines is 1. The number of nitrogens with zero attached hydrogens (tertiary/aromatic N) is 2. The minimum absolute atomic E-state index is 0.0828. The lowest BCUT2D eigenvalue weighted by molar-refractivity contribution is 0.0852. The molecule has 2 N–H and O–H groups in total. The van der Waals surface area contributed by atoms with Crippen LogP contribution in [0.4, 0.5) is 0 Å². The van der Waals surface area contributed by atoms with Crippen molar-refractivity contribution < 1.29 is 17.9 Å². The molecule has 3 heterocycles. The van der Waals surface area contributed by atoms with Crippen LogP contribution in [-0.2, 0) is 27.7 Å². The van der Waals surface area contributed by atoms with E-state index in [9.17, 15) is 13.2 Å². The quantitative estimate of drug-likeness (QED) is 0.785. The number of fused-ring (bicyclic) bond motifs is 1. The molecular formula is C13H20N4O4S. The molecule has 1 unspecified atom stereocenters. The van der Waals surface area contributed by atoms with E-state index in [4.69, 9.17) is 4.74 Å². The van der Waals surface area contributed by atoms with E-state index in [0.717, 1.165) is 25.0 Å². The van der Waals surface area contributed by atoms with Gasteiger partial charge in [0.05, 0.1) is 24.6 Å². The Morgan fingerprint density at radius 3 is 3.05 bits per heavy atom. The summed E-state index contributed by atoms with van der Waals surface area (Å²) < 4.78 is 30.0. The summed E-state index contributed by atoms with van der Waals surface area (Å²) >= 11 is 0. The first-order chi connectivity index (χ1) is 10.4. The van der Waals surface area contributed by atoms with Gasteiger partial charge in [0, 0.05) is 25.3 Å². The lowest BCUT2D eigenvalue weighted by Gasteiger charge is -2.24. The zero-order valence-corrected chi connectivity index (χ0v) is 13.3. The standard InChI is InChI=1S/C13H20N4O4S/c1-22(19,20)17-5-4-10-11(8-17)15-16-12(10)13(18)14-7-9-3-2-6-21-9/h9H,2-8H2,1H3,(H,14,18)(H,15,16). The van der Waals surface area contributed by atoms with Gasteiger partial charge in [0.1, 0.15) is 0 Å². The summed E-state index contributed by atoms with van der Waals surface area (Å²) in [6, 6.07) is 0. The van der Waals surface area contributed by atoms with E-state index < -0.39 is 10.0 Å². The number of sulfonamides is 1. The third kappa shape index (κ3) is 3.16. The van der Waals surface area contributed by atoms with E-state index in [1.807, 2.05) is 0 Å². The van der Waals surface area contributed by atoms with Crippen LogP contribution in [-0.4, -0.2) is 60.9 Å². The number of carbonyl (C=O) groups is 1. The predicted molar refractivity (Wildman–Crippen MR) is 78.9 cm³/mol. The maximum Gasteiger partial charge on any atom is 0.272 e. The molecule has 1 aromatic heterocycles.